The van der Waals surface area contributed by atoms with Gasteiger partial charge in [0.25, 0.3) is 5.89 Å². The smallest absolute Gasteiger partial charge is 0.317 e. The van der Waals surface area contributed by atoms with Gasteiger partial charge in [0, 0.05) is 44.8 Å². The Morgan fingerprint density at radius 2 is 1.94 bits per heavy atom. The van der Waals surface area contributed by atoms with Crippen molar-refractivity contribution in [2.75, 3.05) is 31.1 Å². The lowest BCUT2D eigenvalue weighted by Gasteiger charge is -2.24. The highest BCUT2D eigenvalue weighted by molar-refractivity contribution is 5.74. The Morgan fingerprint density at radius 1 is 1.10 bits per heavy atom. The number of aromatic nitrogens is 3. The molecular weight excluding hydrogens is 392 g/mol. The van der Waals surface area contributed by atoms with Gasteiger partial charge in [-0.05, 0) is 24.1 Å². The molecule has 0 atom stereocenters. The van der Waals surface area contributed by atoms with E-state index in [9.17, 15) is 4.79 Å². The van der Waals surface area contributed by atoms with Crippen LogP contribution in [-0.2, 0) is 6.54 Å². The van der Waals surface area contributed by atoms with E-state index in [1.807, 2.05) is 61.2 Å². The third kappa shape index (κ3) is 5.02. The molecular formula is C23H28N6O2. The monoisotopic (exact) mass is 420 g/mol. The molecule has 1 fully saturated rings. The largest absolute Gasteiger partial charge is 0.354 e. The Balaban J connectivity index is 1.42. The molecule has 0 bridgehead atoms. The van der Waals surface area contributed by atoms with Gasteiger partial charge in [0.15, 0.2) is 5.82 Å². The van der Waals surface area contributed by atoms with Gasteiger partial charge in [-0.1, -0.05) is 49.3 Å². The van der Waals surface area contributed by atoms with E-state index >= 15 is 0 Å². The Kier molecular flexibility index (Phi) is 6.45. The maximum atomic E-state index is 12.7. The second kappa shape index (κ2) is 9.59. The molecule has 1 saturated heterocycles. The predicted octanol–water partition coefficient (Wildman–Crippen LogP) is 3.68. The molecule has 0 unspecified atom stereocenters. The van der Waals surface area contributed by atoms with Gasteiger partial charge in [-0.2, -0.15) is 4.98 Å². The first-order chi connectivity index (χ1) is 15.1. The fourth-order valence-electron chi connectivity index (χ4n) is 3.61. The number of amides is 2. The Bertz CT molecular complexity index is 1000. The molecule has 8 heteroatoms. The van der Waals surface area contributed by atoms with Crippen LogP contribution < -0.4 is 10.2 Å². The average molecular weight is 421 g/mol. The van der Waals surface area contributed by atoms with Gasteiger partial charge < -0.3 is 19.6 Å². The van der Waals surface area contributed by atoms with E-state index in [0.29, 0.717) is 37.9 Å². The summed E-state index contributed by atoms with van der Waals surface area (Å²) in [4.78, 5) is 25.9. The number of urea groups is 1. The number of hydrogen-bond acceptors (Lipinski definition) is 6. The van der Waals surface area contributed by atoms with Crippen LogP contribution in [0.1, 0.15) is 37.6 Å². The molecule has 0 aliphatic carbocycles. The summed E-state index contributed by atoms with van der Waals surface area (Å²) >= 11 is 0. The Hall–Kier alpha value is -3.42. The van der Waals surface area contributed by atoms with Crippen LogP contribution in [0.5, 0.6) is 0 Å². The molecule has 1 aromatic carbocycles. The number of rotatable bonds is 5. The lowest BCUT2D eigenvalue weighted by molar-refractivity contribution is 0.201. The molecule has 3 aromatic rings. The first-order valence-corrected chi connectivity index (χ1v) is 10.7. The molecule has 2 aromatic heterocycles. The van der Waals surface area contributed by atoms with E-state index in [1.54, 1.807) is 6.20 Å². The van der Waals surface area contributed by atoms with Crippen molar-refractivity contribution in [3.05, 3.63) is 60.0 Å². The summed E-state index contributed by atoms with van der Waals surface area (Å²) in [6.45, 7) is 7.41. The SMILES string of the molecule is CC(C)c1noc(-c2cccnc2N2CCCN(C(=O)NCc3ccccc3)CC2)n1. The number of carbonyl (C=O) groups excluding carboxylic acids is 1. The van der Waals surface area contributed by atoms with Gasteiger partial charge in [-0.15, -0.1) is 0 Å². The van der Waals surface area contributed by atoms with Gasteiger partial charge in [-0.3, -0.25) is 0 Å². The fraction of sp³-hybridized carbons (Fsp3) is 0.391. The summed E-state index contributed by atoms with van der Waals surface area (Å²) in [5, 5.41) is 7.11. The van der Waals surface area contributed by atoms with Gasteiger partial charge in [0.05, 0.1) is 5.56 Å². The molecule has 2 amide bonds. The molecule has 0 saturated carbocycles. The van der Waals surface area contributed by atoms with E-state index in [2.05, 4.69) is 25.3 Å². The lowest BCUT2D eigenvalue weighted by atomic mass is 10.2. The van der Waals surface area contributed by atoms with Crippen molar-refractivity contribution in [2.45, 2.75) is 32.7 Å². The highest BCUT2D eigenvalue weighted by atomic mass is 16.5. The van der Waals surface area contributed by atoms with Crippen molar-refractivity contribution in [3.8, 4) is 11.5 Å². The van der Waals surface area contributed by atoms with Crippen molar-refractivity contribution in [3.63, 3.8) is 0 Å². The van der Waals surface area contributed by atoms with E-state index in [4.69, 9.17) is 4.52 Å². The maximum Gasteiger partial charge on any atom is 0.317 e. The summed E-state index contributed by atoms with van der Waals surface area (Å²) in [6, 6.07) is 13.7. The van der Waals surface area contributed by atoms with Crippen molar-refractivity contribution >= 4 is 11.8 Å². The van der Waals surface area contributed by atoms with Crippen LogP contribution in [0.3, 0.4) is 0 Å². The second-order valence-electron chi connectivity index (χ2n) is 7.96. The fourth-order valence-corrected chi connectivity index (χ4v) is 3.61. The van der Waals surface area contributed by atoms with Crippen LogP contribution in [0, 0.1) is 0 Å². The minimum atomic E-state index is -0.0366. The molecule has 1 aliphatic rings. The van der Waals surface area contributed by atoms with Crippen LogP contribution in [0.4, 0.5) is 10.6 Å². The molecule has 1 N–H and O–H groups in total. The van der Waals surface area contributed by atoms with Crippen LogP contribution in [-0.4, -0.2) is 52.2 Å². The normalized spacial score (nSPS) is 14.5. The third-order valence-corrected chi connectivity index (χ3v) is 5.34. The Morgan fingerprint density at radius 3 is 2.71 bits per heavy atom. The van der Waals surface area contributed by atoms with Gasteiger partial charge >= 0.3 is 6.03 Å². The number of pyridine rings is 1. The first kappa shape index (κ1) is 20.8. The van der Waals surface area contributed by atoms with Crippen LogP contribution in [0.15, 0.2) is 53.2 Å². The lowest BCUT2D eigenvalue weighted by Crippen LogP contribution is -2.41. The topological polar surface area (TPSA) is 87.4 Å². The minimum Gasteiger partial charge on any atom is -0.354 e. The van der Waals surface area contributed by atoms with Crippen LogP contribution in [0.2, 0.25) is 0 Å². The van der Waals surface area contributed by atoms with Crippen molar-refractivity contribution in [1.29, 1.82) is 0 Å². The summed E-state index contributed by atoms with van der Waals surface area (Å²) < 4.78 is 5.51. The quantitative estimate of drug-likeness (QED) is 0.678. The van der Waals surface area contributed by atoms with E-state index < -0.39 is 0 Å². The van der Waals surface area contributed by atoms with Crippen LogP contribution in [0.25, 0.3) is 11.5 Å². The molecule has 0 spiro atoms. The first-order valence-electron chi connectivity index (χ1n) is 10.7. The molecule has 3 heterocycles. The maximum absolute atomic E-state index is 12.7. The third-order valence-electron chi connectivity index (χ3n) is 5.34. The number of nitrogens with one attached hydrogen (secondary N) is 1. The molecule has 31 heavy (non-hydrogen) atoms. The van der Waals surface area contributed by atoms with Crippen molar-refractivity contribution < 1.29 is 9.32 Å². The Labute approximate surface area is 182 Å². The molecule has 8 nitrogen and oxygen atoms in total. The standard InChI is InChI=1S/C23H28N6O2/c1-17(2)20-26-22(31-27-20)19-10-6-11-24-21(19)28-12-7-13-29(15-14-28)23(30)25-16-18-8-4-3-5-9-18/h3-6,8-11,17H,7,12-16H2,1-2H3,(H,25,30). The van der Waals surface area contributed by atoms with E-state index in [-0.39, 0.29) is 11.9 Å². The predicted molar refractivity (Wildman–Crippen MR) is 119 cm³/mol. The zero-order valence-corrected chi connectivity index (χ0v) is 18.0. The summed E-state index contributed by atoms with van der Waals surface area (Å²) in [7, 11) is 0. The number of hydrogen-bond donors (Lipinski definition) is 1. The number of carbonyl (C=O) groups is 1. The van der Waals surface area contributed by atoms with Crippen molar-refractivity contribution in [1.82, 2.24) is 25.3 Å². The second-order valence-corrected chi connectivity index (χ2v) is 7.96. The summed E-state index contributed by atoms with van der Waals surface area (Å²) in [5.74, 6) is 2.17. The molecule has 162 valence electrons. The van der Waals surface area contributed by atoms with E-state index in [0.717, 1.165) is 29.9 Å². The summed E-state index contributed by atoms with van der Waals surface area (Å²) in [6.07, 6.45) is 2.63. The zero-order valence-electron chi connectivity index (χ0n) is 18.0. The number of benzene rings is 1. The number of nitrogens with zero attached hydrogens (tertiary/aromatic N) is 5. The van der Waals surface area contributed by atoms with E-state index in [1.165, 1.54) is 0 Å². The highest BCUT2D eigenvalue weighted by Crippen LogP contribution is 2.29. The highest BCUT2D eigenvalue weighted by Gasteiger charge is 2.23. The summed E-state index contributed by atoms with van der Waals surface area (Å²) in [5.41, 5.74) is 1.91. The van der Waals surface area contributed by atoms with Gasteiger partial charge in [0.2, 0.25) is 0 Å². The minimum absolute atomic E-state index is 0.0366. The number of anilines is 1. The molecule has 4 rings (SSSR count). The van der Waals surface area contributed by atoms with Crippen LogP contribution >= 0.6 is 0 Å². The average Bonchev–Trinajstić information content (AvgIpc) is 3.17. The molecule has 0 radical (unpaired) electrons. The van der Waals surface area contributed by atoms with Crippen molar-refractivity contribution in [2.24, 2.45) is 0 Å². The zero-order chi connectivity index (χ0) is 21.6. The molecule has 1 aliphatic heterocycles. The van der Waals surface area contributed by atoms with Gasteiger partial charge in [-0.25, -0.2) is 9.78 Å². The van der Waals surface area contributed by atoms with Gasteiger partial charge in [0.1, 0.15) is 5.82 Å².